The van der Waals surface area contributed by atoms with E-state index in [1.165, 1.54) is 0 Å². The van der Waals surface area contributed by atoms with Crippen LogP contribution >= 0.6 is 0 Å². The Morgan fingerprint density at radius 3 is 2.00 bits per heavy atom. The molecule has 72 valence electrons. The zero-order chi connectivity index (χ0) is 9.30. The van der Waals surface area contributed by atoms with Gasteiger partial charge in [-0.15, -0.1) is 0 Å². The van der Waals surface area contributed by atoms with Crippen LogP contribution in [0.4, 0.5) is 0 Å². The molecule has 1 saturated heterocycles. The predicted octanol–water partition coefficient (Wildman–Crippen LogP) is -3.22. The van der Waals surface area contributed by atoms with Gasteiger partial charge in [0.1, 0.15) is 24.4 Å². The minimum Gasteiger partial charge on any atom is -0.394 e. The van der Waals surface area contributed by atoms with Crippen LogP contribution in [-0.2, 0) is 4.74 Å². The van der Waals surface area contributed by atoms with Crippen LogP contribution in [0.2, 0.25) is 0 Å². The zero-order valence-corrected chi connectivity index (χ0v) is 6.24. The summed E-state index contributed by atoms with van der Waals surface area (Å²) in [6, 6.07) is 0. The largest absolute Gasteiger partial charge is 0.394 e. The molecule has 5 N–H and O–H groups in total. The molecule has 0 unspecified atom stereocenters. The van der Waals surface area contributed by atoms with Crippen molar-refractivity contribution in [1.82, 2.24) is 0 Å². The third-order valence-electron chi connectivity index (χ3n) is 1.87. The Balaban J connectivity index is 2.63. The van der Waals surface area contributed by atoms with Gasteiger partial charge in [0, 0.05) is 0 Å². The van der Waals surface area contributed by atoms with Crippen molar-refractivity contribution in [3.8, 4) is 0 Å². The van der Waals surface area contributed by atoms with Crippen LogP contribution < -0.4 is 0 Å². The van der Waals surface area contributed by atoms with Crippen LogP contribution in [0, 0.1) is 0 Å². The van der Waals surface area contributed by atoms with Gasteiger partial charge in [0.2, 0.25) is 0 Å². The predicted molar refractivity (Wildman–Crippen MR) is 36.0 cm³/mol. The highest BCUT2D eigenvalue weighted by Crippen LogP contribution is 2.18. The summed E-state index contributed by atoms with van der Waals surface area (Å²) in [7, 11) is 0. The van der Waals surface area contributed by atoms with E-state index < -0.39 is 37.3 Å². The molecule has 12 heavy (non-hydrogen) atoms. The molecule has 6 heteroatoms. The summed E-state index contributed by atoms with van der Waals surface area (Å²) < 4.78 is 4.58. The highest BCUT2D eigenvalue weighted by atomic mass is 16.6. The van der Waals surface area contributed by atoms with E-state index in [2.05, 4.69) is 4.74 Å². The van der Waals surface area contributed by atoms with Crippen LogP contribution in [-0.4, -0.2) is 62.8 Å². The van der Waals surface area contributed by atoms with Gasteiger partial charge in [-0.25, -0.2) is 0 Å². The average molecular weight is 180 g/mol. The highest BCUT2D eigenvalue weighted by Gasteiger charge is 2.42. The van der Waals surface area contributed by atoms with Crippen LogP contribution in [0.15, 0.2) is 0 Å². The topological polar surface area (TPSA) is 110 Å². The standard InChI is InChI=1S/C6H12O6/c7-1-2-3(8)4(9)5(10)6(11)12-2/h2-11H,1H2/t2-,3-,4+,5-,6-/m0/s1. The Kier molecular flexibility index (Phi) is 2.99. The number of ether oxygens (including phenoxy) is 1. The van der Waals surface area contributed by atoms with Crippen molar-refractivity contribution in [3.63, 3.8) is 0 Å². The number of hydrogen-bond acceptors (Lipinski definition) is 6. The monoisotopic (exact) mass is 180 g/mol. The van der Waals surface area contributed by atoms with Crippen molar-refractivity contribution in [1.29, 1.82) is 0 Å². The molecule has 1 heterocycles. The van der Waals surface area contributed by atoms with E-state index in [9.17, 15) is 0 Å². The lowest BCUT2D eigenvalue weighted by Crippen LogP contribution is -2.58. The van der Waals surface area contributed by atoms with E-state index in [4.69, 9.17) is 25.5 Å². The first kappa shape index (κ1) is 9.85. The second kappa shape index (κ2) is 3.65. The lowest BCUT2D eigenvalue weighted by Gasteiger charge is -2.37. The minimum atomic E-state index is -1.57. The Labute approximate surface area is 68.6 Å². The fourth-order valence-electron chi connectivity index (χ4n) is 1.08. The molecule has 0 aliphatic carbocycles. The zero-order valence-electron chi connectivity index (χ0n) is 6.24. The van der Waals surface area contributed by atoms with Gasteiger partial charge in [-0.2, -0.15) is 0 Å². The number of hydrogen-bond donors (Lipinski definition) is 5. The van der Waals surface area contributed by atoms with Crippen molar-refractivity contribution in [2.75, 3.05) is 6.61 Å². The van der Waals surface area contributed by atoms with Gasteiger partial charge in [-0.3, -0.25) is 0 Å². The van der Waals surface area contributed by atoms with E-state index in [1.807, 2.05) is 0 Å². The molecular formula is C6H12O6. The van der Waals surface area contributed by atoms with Crippen LogP contribution in [0.3, 0.4) is 0 Å². The van der Waals surface area contributed by atoms with Gasteiger partial charge in [0.15, 0.2) is 6.29 Å². The minimum absolute atomic E-state index is 0.526. The summed E-state index contributed by atoms with van der Waals surface area (Å²) in [5.41, 5.74) is 0. The number of aliphatic hydroxyl groups is 5. The summed E-state index contributed by atoms with van der Waals surface area (Å²) >= 11 is 0. The van der Waals surface area contributed by atoms with Gasteiger partial charge in [0.25, 0.3) is 0 Å². The molecule has 5 atom stereocenters. The van der Waals surface area contributed by atoms with E-state index in [0.717, 1.165) is 0 Å². The Morgan fingerprint density at radius 2 is 1.50 bits per heavy atom. The third-order valence-corrected chi connectivity index (χ3v) is 1.87. The summed E-state index contributed by atoms with van der Waals surface area (Å²) in [6.07, 6.45) is -7.04. The molecule has 0 amide bonds. The average Bonchev–Trinajstić information content (AvgIpc) is 2.08. The lowest BCUT2D eigenvalue weighted by atomic mass is 10.00. The summed E-state index contributed by atoms with van der Waals surface area (Å²) in [5.74, 6) is 0. The first-order valence-corrected chi connectivity index (χ1v) is 3.56. The van der Waals surface area contributed by atoms with E-state index >= 15 is 0 Å². The molecule has 0 aromatic carbocycles. The molecule has 1 rings (SSSR count). The van der Waals surface area contributed by atoms with Crippen molar-refractivity contribution >= 4 is 0 Å². The molecule has 0 bridgehead atoms. The van der Waals surface area contributed by atoms with E-state index in [1.54, 1.807) is 0 Å². The van der Waals surface area contributed by atoms with Crippen molar-refractivity contribution < 1.29 is 30.3 Å². The van der Waals surface area contributed by atoms with E-state index in [0.29, 0.717) is 0 Å². The third kappa shape index (κ3) is 1.58. The SMILES string of the molecule is OC[C@@H]1O[C@H](O)[C@@H](O)[C@H](O)[C@H]1O. The van der Waals surface area contributed by atoms with Gasteiger partial charge >= 0.3 is 0 Å². The fourth-order valence-corrected chi connectivity index (χ4v) is 1.08. The maximum absolute atomic E-state index is 9.12. The molecule has 0 radical (unpaired) electrons. The molecule has 0 aromatic heterocycles. The summed E-state index contributed by atoms with van der Waals surface area (Å²) in [6.45, 7) is -0.526. The van der Waals surface area contributed by atoms with Gasteiger partial charge in [0.05, 0.1) is 6.61 Å². The van der Waals surface area contributed by atoms with Crippen LogP contribution in [0.1, 0.15) is 0 Å². The molecular weight excluding hydrogens is 168 g/mol. The fraction of sp³-hybridized carbons (Fsp3) is 1.00. The maximum Gasteiger partial charge on any atom is 0.184 e. The van der Waals surface area contributed by atoms with Gasteiger partial charge in [-0.1, -0.05) is 0 Å². The molecule has 0 aromatic rings. The maximum atomic E-state index is 9.12. The first-order valence-electron chi connectivity index (χ1n) is 3.56. The second-order valence-electron chi connectivity index (χ2n) is 2.72. The molecule has 1 aliphatic rings. The Morgan fingerprint density at radius 1 is 0.917 bits per heavy atom. The van der Waals surface area contributed by atoms with Crippen LogP contribution in [0.25, 0.3) is 0 Å². The number of aliphatic hydroxyl groups excluding tert-OH is 5. The molecule has 0 spiro atoms. The highest BCUT2D eigenvalue weighted by molar-refractivity contribution is 4.87. The van der Waals surface area contributed by atoms with Gasteiger partial charge < -0.3 is 30.3 Å². The lowest BCUT2D eigenvalue weighted by molar-refractivity contribution is -0.286. The summed E-state index contributed by atoms with van der Waals surface area (Å²) in [4.78, 5) is 0. The van der Waals surface area contributed by atoms with Crippen molar-refractivity contribution in [2.45, 2.75) is 30.7 Å². The Bertz CT molecular complexity index is 146. The Hall–Kier alpha value is -0.240. The molecule has 1 aliphatic heterocycles. The van der Waals surface area contributed by atoms with Crippen LogP contribution in [0.5, 0.6) is 0 Å². The smallest absolute Gasteiger partial charge is 0.184 e. The molecule has 1 fully saturated rings. The number of rotatable bonds is 1. The molecule has 6 nitrogen and oxygen atoms in total. The molecule has 0 saturated carbocycles. The van der Waals surface area contributed by atoms with E-state index in [-0.39, 0.29) is 0 Å². The quantitative estimate of drug-likeness (QED) is 0.290. The van der Waals surface area contributed by atoms with Crippen molar-refractivity contribution in [2.24, 2.45) is 0 Å². The van der Waals surface area contributed by atoms with Crippen molar-refractivity contribution in [3.05, 3.63) is 0 Å². The van der Waals surface area contributed by atoms with Gasteiger partial charge in [-0.05, 0) is 0 Å². The summed E-state index contributed by atoms with van der Waals surface area (Å²) in [5, 5.41) is 44.7. The first-order chi connectivity index (χ1) is 5.57. The second-order valence-corrected chi connectivity index (χ2v) is 2.72. The normalized spacial score (nSPS) is 49.2.